The van der Waals surface area contributed by atoms with Gasteiger partial charge in [0.15, 0.2) is 23.0 Å². The van der Waals surface area contributed by atoms with E-state index < -0.39 is 0 Å². The van der Waals surface area contributed by atoms with Gasteiger partial charge in [-0.25, -0.2) is 9.98 Å². The van der Waals surface area contributed by atoms with E-state index in [0.717, 1.165) is 5.69 Å². The van der Waals surface area contributed by atoms with Crippen LogP contribution < -0.4 is 31.7 Å². The van der Waals surface area contributed by atoms with Gasteiger partial charge in [-0.3, -0.25) is 0 Å². The lowest BCUT2D eigenvalue weighted by Crippen LogP contribution is -2.18. The number of hydrogen-bond donors (Lipinski definition) is 2. The van der Waals surface area contributed by atoms with Crippen molar-refractivity contribution >= 4 is 22.7 Å². The van der Waals surface area contributed by atoms with E-state index in [2.05, 4.69) is 9.98 Å². The summed E-state index contributed by atoms with van der Waals surface area (Å²) in [5, 5.41) is 1.34. The van der Waals surface area contributed by atoms with Gasteiger partial charge in [0.1, 0.15) is 22.1 Å². The summed E-state index contributed by atoms with van der Waals surface area (Å²) in [4.78, 5) is 9.20. The average molecular weight is 316 g/mol. The van der Waals surface area contributed by atoms with Crippen molar-refractivity contribution in [2.24, 2.45) is 9.98 Å². The Balaban J connectivity index is 1.76. The minimum Gasteiger partial charge on any atom is -0.453 e. The van der Waals surface area contributed by atoms with Crippen LogP contribution in [0.3, 0.4) is 0 Å². The van der Waals surface area contributed by atoms with Crippen LogP contribution in [0, 0.1) is 0 Å². The highest BCUT2D eigenvalue weighted by atomic mass is 16.5. The van der Waals surface area contributed by atoms with Gasteiger partial charge in [0.05, 0.1) is 11.4 Å². The summed E-state index contributed by atoms with van der Waals surface area (Å²) >= 11 is 0. The molecule has 0 spiro atoms. The second-order valence-electron chi connectivity index (χ2n) is 5.60. The third-order valence-corrected chi connectivity index (χ3v) is 4.03. The number of ether oxygens (including phenoxy) is 2. The fraction of sp³-hybridized carbons (Fsp3) is 0. The lowest BCUT2D eigenvalue weighted by molar-refractivity contribution is 0.451. The van der Waals surface area contributed by atoms with Crippen molar-refractivity contribution in [2.45, 2.75) is 0 Å². The highest BCUT2D eigenvalue weighted by molar-refractivity contribution is 5.82. The van der Waals surface area contributed by atoms with Crippen LogP contribution in [-0.4, -0.2) is 0 Å². The molecule has 3 aromatic rings. The zero-order valence-corrected chi connectivity index (χ0v) is 12.5. The summed E-state index contributed by atoms with van der Waals surface area (Å²) in [6.07, 6.45) is 0. The van der Waals surface area contributed by atoms with Gasteiger partial charge < -0.3 is 20.9 Å². The maximum absolute atomic E-state index is 6.01. The van der Waals surface area contributed by atoms with Crippen molar-refractivity contribution in [3.8, 4) is 23.0 Å². The Morgan fingerprint density at radius 3 is 2.25 bits per heavy atom. The molecule has 4 N–H and O–H groups in total. The van der Waals surface area contributed by atoms with Gasteiger partial charge in [-0.15, -0.1) is 0 Å². The SMILES string of the molecule is Nc1ccc2c(c1N)N=c1cc3c(cc1O2)=Nc1ccccc1O3. The Labute approximate surface area is 136 Å². The molecule has 2 aliphatic heterocycles. The Morgan fingerprint density at radius 2 is 1.42 bits per heavy atom. The van der Waals surface area contributed by atoms with Gasteiger partial charge in [-0.05, 0) is 24.3 Å². The first-order valence-electron chi connectivity index (χ1n) is 7.43. The molecule has 3 aromatic carbocycles. The molecule has 24 heavy (non-hydrogen) atoms. The summed E-state index contributed by atoms with van der Waals surface area (Å²) in [5.41, 5.74) is 14.1. The number of fused-ring (bicyclic) bond motifs is 4. The Kier molecular flexibility index (Phi) is 2.42. The molecule has 2 heterocycles. The monoisotopic (exact) mass is 316 g/mol. The maximum atomic E-state index is 6.01. The summed E-state index contributed by atoms with van der Waals surface area (Å²) in [7, 11) is 0. The van der Waals surface area contributed by atoms with Gasteiger partial charge >= 0.3 is 0 Å². The van der Waals surface area contributed by atoms with Gasteiger partial charge in [-0.1, -0.05) is 12.1 Å². The van der Waals surface area contributed by atoms with Crippen LogP contribution in [-0.2, 0) is 0 Å². The zero-order valence-electron chi connectivity index (χ0n) is 12.5. The topological polar surface area (TPSA) is 95.2 Å². The summed E-state index contributed by atoms with van der Waals surface area (Å²) in [5.74, 6) is 2.53. The fourth-order valence-corrected chi connectivity index (χ4v) is 2.80. The number of nitrogens with zero attached hydrogens (tertiary/aromatic N) is 2. The summed E-state index contributed by atoms with van der Waals surface area (Å²) < 4.78 is 11.8. The predicted octanol–water partition coefficient (Wildman–Crippen LogP) is 2.97. The van der Waals surface area contributed by atoms with Crippen molar-refractivity contribution in [1.82, 2.24) is 0 Å². The number of anilines is 2. The van der Waals surface area contributed by atoms with Crippen LogP contribution in [0.1, 0.15) is 0 Å². The minimum atomic E-state index is 0.409. The number of nitrogens with two attached hydrogens (primary N) is 2. The number of benzene rings is 3. The lowest BCUT2D eigenvalue weighted by Gasteiger charge is -2.18. The molecule has 0 bridgehead atoms. The van der Waals surface area contributed by atoms with Crippen molar-refractivity contribution in [3.05, 3.63) is 59.2 Å². The molecule has 2 aliphatic rings. The molecular weight excluding hydrogens is 304 g/mol. The maximum Gasteiger partial charge on any atom is 0.155 e. The first-order chi connectivity index (χ1) is 11.7. The van der Waals surface area contributed by atoms with Gasteiger partial charge in [0.2, 0.25) is 0 Å². The number of para-hydroxylation sites is 2. The van der Waals surface area contributed by atoms with Crippen molar-refractivity contribution in [2.75, 3.05) is 11.5 Å². The van der Waals surface area contributed by atoms with Crippen LogP contribution in [0.2, 0.25) is 0 Å². The van der Waals surface area contributed by atoms with E-state index in [1.165, 1.54) is 0 Å². The van der Waals surface area contributed by atoms with Crippen molar-refractivity contribution in [3.63, 3.8) is 0 Å². The van der Waals surface area contributed by atoms with Crippen LogP contribution in [0.4, 0.5) is 22.7 Å². The number of rotatable bonds is 0. The molecule has 0 aliphatic carbocycles. The Morgan fingerprint density at radius 1 is 0.708 bits per heavy atom. The second kappa shape index (κ2) is 4.48. The molecule has 0 radical (unpaired) electrons. The van der Waals surface area contributed by atoms with Gasteiger partial charge in [0.25, 0.3) is 0 Å². The molecule has 116 valence electrons. The molecule has 6 nitrogen and oxygen atoms in total. The van der Waals surface area contributed by atoms with Crippen LogP contribution in [0.5, 0.6) is 23.0 Å². The van der Waals surface area contributed by atoms with E-state index in [1.807, 2.05) is 30.3 Å². The normalized spacial score (nSPS) is 13.0. The van der Waals surface area contributed by atoms with Crippen LogP contribution in [0.25, 0.3) is 0 Å². The van der Waals surface area contributed by atoms with Crippen molar-refractivity contribution < 1.29 is 9.47 Å². The largest absolute Gasteiger partial charge is 0.453 e. The lowest BCUT2D eigenvalue weighted by atomic mass is 10.2. The van der Waals surface area contributed by atoms with Crippen LogP contribution >= 0.6 is 0 Å². The number of nitrogen functional groups attached to an aromatic ring is 2. The molecule has 5 rings (SSSR count). The minimum absolute atomic E-state index is 0.409. The van der Waals surface area contributed by atoms with E-state index in [1.54, 1.807) is 18.2 Å². The molecule has 0 atom stereocenters. The van der Waals surface area contributed by atoms with E-state index in [4.69, 9.17) is 20.9 Å². The molecular formula is C18H12N4O2. The molecule has 6 heteroatoms. The smallest absolute Gasteiger partial charge is 0.155 e. The third kappa shape index (κ3) is 1.77. The van der Waals surface area contributed by atoms with E-state index in [9.17, 15) is 0 Å². The van der Waals surface area contributed by atoms with Crippen molar-refractivity contribution in [1.29, 1.82) is 0 Å². The van der Waals surface area contributed by atoms with E-state index in [-0.39, 0.29) is 0 Å². The second-order valence-corrected chi connectivity index (χ2v) is 5.60. The van der Waals surface area contributed by atoms with E-state index >= 15 is 0 Å². The standard InChI is InChI=1S/C18H12N4O2/c19-9-5-6-14-18(17(9)20)22-12-8-15-11(7-16(12)24-14)21-10-3-1-2-4-13(10)23-15/h1-8H,19-20H2. The predicted molar refractivity (Wildman–Crippen MR) is 89.9 cm³/mol. The molecule has 0 fully saturated rings. The van der Waals surface area contributed by atoms with E-state index in [0.29, 0.717) is 50.8 Å². The molecule has 0 aromatic heterocycles. The zero-order chi connectivity index (χ0) is 16.3. The van der Waals surface area contributed by atoms with Gasteiger partial charge in [0, 0.05) is 12.1 Å². The first kappa shape index (κ1) is 13.0. The summed E-state index contributed by atoms with van der Waals surface area (Å²) in [6, 6.07) is 14.7. The average Bonchev–Trinajstić information content (AvgIpc) is 2.60. The quantitative estimate of drug-likeness (QED) is 0.429. The summed E-state index contributed by atoms with van der Waals surface area (Å²) in [6.45, 7) is 0. The Hall–Kier alpha value is -3.54. The molecule has 0 saturated carbocycles. The molecule has 0 amide bonds. The third-order valence-electron chi connectivity index (χ3n) is 4.03. The van der Waals surface area contributed by atoms with Crippen LogP contribution in [0.15, 0.2) is 58.5 Å². The van der Waals surface area contributed by atoms with Gasteiger partial charge in [-0.2, -0.15) is 0 Å². The highest BCUT2D eigenvalue weighted by Gasteiger charge is 2.20. The molecule has 0 saturated heterocycles. The highest BCUT2D eigenvalue weighted by Crippen LogP contribution is 2.41. The Bertz CT molecular complexity index is 1140. The fourth-order valence-electron chi connectivity index (χ4n) is 2.80. The first-order valence-corrected chi connectivity index (χ1v) is 7.43. The number of hydrogen-bond acceptors (Lipinski definition) is 6. The molecule has 0 unspecified atom stereocenters.